The van der Waals surface area contributed by atoms with Crippen LogP contribution in [0.5, 0.6) is 0 Å². The fourth-order valence-corrected chi connectivity index (χ4v) is 2.64. The van der Waals surface area contributed by atoms with Gasteiger partial charge in [-0.25, -0.2) is 0 Å². The molecule has 0 aromatic heterocycles. The summed E-state index contributed by atoms with van der Waals surface area (Å²) in [5, 5.41) is 0. The second-order valence-corrected chi connectivity index (χ2v) is 7.41. The summed E-state index contributed by atoms with van der Waals surface area (Å²) >= 11 is 0. The van der Waals surface area contributed by atoms with Gasteiger partial charge >= 0.3 is 5.97 Å². The van der Waals surface area contributed by atoms with Gasteiger partial charge in [0.15, 0.2) is 0 Å². The molecule has 0 rings (SSSR count). The predicted octanol–water partition coefficient (Wildman–Crippen LogP) is 3.79. The maximum atomic E-state index is 11.5. The monoisotopic (exact) mass is 464 g/mol. The summed E-state index contributed by atoms with van der Waals surface area (Å²) in [5.74, 6) is -0.141. The average Bonchev–Trinajstić information content (AvgIpc) is 2.80. The summed E-state index contributed by atoms with van der Waals surface area (Å²) in [5.41, 5.74) is 0. The lowest BCUT2D eigenvalue weighted by atomic mass is 10.2. The summed E-state index contributed by atoms with van der Waals surface area (Å²) in [6, 6.07) is 0. The van der Waals surface area contributed by atoms with Gasteiger partial charge in [-0.1, -0.05) is 46.0 Å². The second-order valence-electron chi connectivity index (χ2n) is 7.41. The van der Waals surface area contributed by atoms with Gasteiger partial charge in [0.2, 0.25) is 0 Å². The lowest BCUT2D eigenvalue weighted by Crippen LogP contribution is -2.15. The van der Waals surface area contributed by atoms with Gasteiger partial charge in [-0.3, -0.25) is 4.79 Å². The van der Waals surface area contributed by atoms with Crippen LogP contribution in [-0.2, 0) is 38.0 Å². The molecule has 0 radical (unpaired) electrons. The minimum Gasteiger partial charge on any atom is -0.463 e. The molecule has 32 heavy (non-hydrogen) atoms. The molecule has 192 valence electrons. The van der Waals surface area contributed by atoms with E-state index in [1.165, 1.54) is 19.3 Å². The van der Waals surface area contributed by atoms with Crippen LogP contribution in [0.2, 0.25) is 0 Å². The Morgan fingerprint density at radius 2 is 0.812 bits per heavy atom. The van der Waals surface area contributed by atoms with E-state index in [0.717, 1.165) is 32.3 Å². The van der Waals surface area contributed by atoms with E-state index < -0.39 is 0 Å². The fraction of sp³-hybridized carbons (Fsp3) is 0.958. The summed E-state index contributed by atoms with van der Waals surface area (Å²) < 4.78 is 37.7. The van der Waals surface area contributed by atoms with Gasteiger partial charge in [0.05, 0.1) is 72.7 Å². The van der Waals surface area contributed by atoms with Crippen molar-refractivity contribution in [2.24, 2.45) is 0 Å². The standard InChI is InChI=1S/C24H48O8/c1-3-5-7-8-10-24(25)32-23-22-31-21-20-30-19-18-29-17-16-28-15-14-27-13-12-26-11-9-6-4-2/h3-23H2,1-2H3. The van der Waals surface area contributed by atoms with Crippen molar-refractivity contribution >= 4 is 5.97 Å². The Morgan fingerprint density at radius 1 is 0.438 bits per heavy atom. The van der Waals surface area contributed by atoms with Crippen molar-refractivity contribution in [2.75, 3.05) is 85.9 Å². The van der Waals surface area contributed by atoms with Crippen molar-refractivity contribution in [3.05, 3.63) is 0 Å². The Morgan fingerprint density at radius 3 is 1.25 bits per heavy atom. The topological polar surface area (TPSA) is 81.7 Å². The molecule has 0 amide bonds. The molecule has 0 spiro atoms. The van der Waals surface area contributed by atoms with Gasteiger partial charge in [-0.2, -0.15) is 0 Å². The van der Waals surface area contributed by atoms with Gasteiger partial charge in [0.1, 0.15) is 6.61 Å². The van der Waals surface area contributed by atoms with Crippen LogP contribution >= 0.6 is 0 Å². The maximum absolute atomic E-state index is 11.5. The third-order valence-electron chi connectivity index (χ3n) is 4.48. The number of esters is 1. The molecular weight excluding hydrogens is 416 g/mol. The maximum Gasteiger partial charge on any atom is 0.305 e. The summed E-state index contributed by atoms with van der Waals surface area (Å²) in [4.78, 5) is 11.5. The predicted molar refractivity (Wildman–Crippen MR) is 124 cm³/mol. The zero-order valence-electron chi connectivity index (χ0n) is 20.6. The van der Waals surface area contributed by atoms with Gasteiger partial charge in [-0.05, 0) is 12.8 Å². The number of ether oxygens (including phenoxy) is 7. The number of carbonyl (C=O) groups is 1. The van der Waals surface area contributed by atoms with E-state index in [1.54, 1.807) is 0 Å². The zero-order valence-corrected chi connectivity index (χ0v) is 20.6. The molecule has 8 heteroatoms. The van der Waals surface area contributed by atoms with Crippen molar-refractivity contribution in [3.8, 4) is 0 Å². The Hall–Kier alpha value is -0.770. The molecule has 8 nitrogen and oxygen atoms in total. The molecule has 0 bridgehead atoms. The van der Waals surface area contributed by atoms with Crippen LogP contribution in [0.4, 0.5) is 0 Å². The highest BCUT2D eigenvalue weighted by molar-refractivity contribution is 5.69. The van der Waals surface area contributed by atoms with E-state index in [2.05, 4.69) is 13.8 Å². The molecule has 0 unspecified atom stereocenters. The highest BCUT2D eigenvalue weighted by Gasteiger charge is 2.02. The van der Waals surface area contributed by atoms with E-state index in [4.69, 9.17) is 33.2 Å². The lowest BCUT2D eigenvalue weighted by Gasteiger charge is -2.08. The zero-order chi connectivity index (χ0) is 23.4. The van der Waals surface area contributed by atoms with Crippen LogP contribution < -0.4 is 0 Å². The van der Waals surface area contributed by atoms with Gasteiger partial charge in [-0.15, -0.1) is 0 Å². The summed E-state index contributed by atoms with van der Waals surface area (Å²) in [6.45, 7) is 11.3. The van der Waals surface area contributed by atoms with Crippen LogP contribution in [0.25, 0.3) is 0 Å². The number of carbonyl (C=O) groups excluding carboxylic acids is 1. The van der Waals surface area contributed by atoms with Gasteiger partial charge in [0.25, 0.3) is 0 Å². The van der Waals surface area contributed by atoms with E-state index in [9.17, 15) is 4.79 Å². The molecule has 0 saturated carbocycles. The normalized spacial score (nSPS) is 11.2. The first-order valence-electron chi connectivity index (χ1n) is 12.4. The SMILES string of the molecule is CCCCCCC(=O)OCCOCCOCCOCCOCCOCCOCCCCC. The van der Waals surface area contributed by atoms with Crippen LogP contribution in [0.15, 0.2) is 0 Å². The Balaban J connectivity index is 3.07. The Labute approximate surface area is 195 Å². The van der Waals surface area contributed by atoms with Crippen LogP contribution in [0, 0.1) is 0 Å². The molecule has 0 atom stereocenters. The van der Waals surface area contributed by atoms with Crippen molar-refractivity contribution < 1.29 is 38.0 Å². The molecule has 0 aliphatic carbocycles. The van der Waals surface area contributed by atoms with Crippen LogP contribution in [0.1, 0.15) is 65.2 Å². The molecule has 0 aliphatic heterocycles. The molecule has 0 heterocycles. The molecule has 0 fully saturated rings. The van der Waals surface area contributed by atoms with E-state index in [-0.39, 0.29) is 5.97 Å². The Bertz CT molecular complexity index is 368. The van der Waals surface area contributed by atoms with Crippen LogP contribution in [-0.4, -0.2) is 91.9 Å². The lowest BCUT2D eigenvalue weighted by molar-refractivity contribution is -0.145. The molecule has 0 saturated heterocycles. The van der Waals surface area contributed by atoms with E-state index in [0.29, 0.717) is 85.7 Å². The molecule has 0 N–H and O–H groups in total. The minimum atomic E-state index is -0.141. The quantitative estimate of drug-likeness (QED) is 0.134. The van der Waals surface area contributed by atoms with E-state index in [1.807, 2.05) is 0 Å². The van der Waals surface area contributed by atoms with Crippen molar-refractivity contribution in [1.29, 1.82) is 0 Å². The second kappa shape index (κ2) is 28.3. The Kier molecular flexibility index (Phi) is 27.6. The van der Waals surface area contributed by atoms with Crippen LogP contribution in [0.3, 0.4) is 0 Å². The third-order valence-corrected chi connectivity index (χ3v) is 4.48. The van der Waals surface area contributed by atoms with Gasteiger partial charge < -0.3 is 33.2 Å². The highest BCUT2D eigenvalue weighted by atomic mass is 16.6. The first-order chi connectivity index (χ1) is 15.8. The fourth-order valence-electron chi connectivity index (χ4n) is 2.64. The number of rotatable bonds is 27. The van der Waals surface area contributed by atoms with E-state index >= 15 is 0 Å². The highest BCUT2D eigenvalue weighted by Crippen LogP contribution is 2.03. The molecular formula is C24H48O8. The number of unbranched alkanes of at least 4 members (excludes halogenated alkanes) is 5. The first kappa shape index (κ1) is 31.2. The summed E-state index contributed by atoms with van der Waals surface area (Å²) in [7, 11) is 0. The van der Waals surface area contributed by atoms with Crippen molar-refractivity contribution in [1.82, 2.24) is 0 Å². The third kappa shape index (κ3) is 27.3. The number of hydrogen-bond donors (Lipinski definition) is 0. The smallest absolute Gasteiger partial charge is 0.305 e. The van der Waals surface area contributed by atoms with Gasteiger partial charge in [0, 0.05) is 13.0 Å². The first-order valence-corrected chi connectivity index (χ1v) is 12.4. The largest absolute Gasteiger partial charge is 0.463 e. The number of hydrogen-bond acceptors (Lipinski definition) is 8. The molecule has 0 aromatic rings. The summed E-state index contributed by atoms with van der Waals surface area (Å²) in [6.07, 6.45) is 8.37. The van der Waals surface area contributed by atoms with Crippen molar-refractivity contribution in [3.63, 3.8) is 0 Å². The molecule has 0 aromatic carbocycles. The molecule has 0 aliphatic rings. The minimum absolute atomic E-state index is 0.141. The average molecular weight is 465 g/mol. The van der Waals surface area contributed by atoms with Crippen molar-refractivity contribution in [2.45, 2.75) is 65.2 Å².